The standard InChI is InChI=1S/C16H8BrF2NO/c17-14-11(5-6-13(18)15(14)19)16(21)12-8-20-7-9-3-1-2-4-10(9)12/h1-8H. The molecule has 0 aliphatic heterocycles. The van der Waals surface area contributed by atoms with E-state index in [1.807, 2.05) is 12.1 Å². The molecule has 21 heavy (non-hydrogen) atoms. The fourth-order valence-corrected chi connectivity index (χ4v) is 2.65. The first kappa shape index (κ1) is 13.8. The third-order valence-corrected chi connectivity index (χ3v) is 3.97. The summed E-state index contributed by atoms with van der Waals surface area (Å²) in [6.45, 7) is 0. The Morgan fingerprint density at radius 1 is 1.00 bits per heavy atom. The molecule has 5 heteroatoms. The second-order valence-electron chi connectivity index (χ2n) is 4.46. The van der Waals surface area contributed by atoms with E-state index in [1.54, 1.807) is 18.3 Å². The maximum absolute atomic E-state index is 13.6. The van der Waals surface area contributed by atoms with Gasteiger partial charge in [-0.3, -0.25) is 9.78 Å². The van der Waals surface area contributed by atoms with Crippen molar-refractivity contribution in [3.8, 4) is 0 Å². The Labute approximate surface area is 127 Å². The summed E-state index contributed by atoms with van der Waals surface area (Å²) in [4.78, 5) is 16.6. The second kappa shape index (κ2) is 5.33. The molecule has 2 aromatic carbocycles. The van der Waals surface area contributed by atoms with Crippen LogP contribution >= 0.6 is 15.9 Å². The van der Waals surface area contributed by atoms with Crippen LogP contribution in [0.1, 0.15) is 15.9 Å². The molecule has 0 spiro atoms. The number of pyridine rings is 1. The molecule has 0 saturated carbocycles. The average Bonchev–Trinajstić information content (AvgIpc) is 2.51. The zero-order valence-electron chi connectivity index (χ0n) is 10.6. The van der Waals surface area contributed by atoms with Crippen LogP contribution < -0.4 is 0 Å². The maximum atomic E-state index is 13.6. The largest absolute Gasteiger partial charge is 0.288 e. The summed E-state index contributed by atoms with van der Waals surface area (Å²) >= 11 is 2.94. The van der Waals surface area contributed by atoms with Crippen LogP contribution in [0.25, 0.3) is 10.8 Å². The van der Waals surface area contributed by atoms with Crippen molar-refractivity contribution < 1.29 is 13.6 Å². The lowest BCUT2D eigenvalue weighted by molar-refractivity contribution is 0.103. The monoisotopic (exact) mass is 347 g/mol. The number of carbonyl (C=O) groups is 1. The van der Waals surface area contributed by atoms with Gasteiger partial charge in [0.15, 0.2) is 17.4 Å². The molecule has 0 atom stereocenters. The van der Waals surface area contributed by atoms with Gasteiger partial charge in [0.2, 0.25) is 0 Å². The Balaban J connectivity index is 2.20. The first-order chi connectivity index (χ1) is 10.1. The van der Waals surface area contributed by atoms with Crippen LogP contribution in [0.5, 0.6) is 0 Å². The Kier molecular flexibility index (Phi) is 3.51. The number of halogens is 3. The van der Waals surface area contributed by atoms with Crippen molar-refractivity contribution >= 4 is 32.5 Å². The molecule has 0 aliphatic rings. The summed E-state index contributed by atoms with van der Waals surface area (Å²) in [5.74, 6) is -2.49. The van der Waals surface area contributed by atoms with Crippen LogP contribution in [0.4, 0.5) is 8.78 Å². The number of nitrogens with zero attached hydrogens (tertiary/aromatic N) is 1. The molecule has 0 bridgehead atoms. The van der Waals surface area contributed by atoms with E-state index in [-0.39, 0.29) is 10.0 Å². The molecule has 104 valence electrons. The minimum Gasteiger partial charge on any atom is -0.288 e. The highest BCUT2D eigenvalue weighted by Crippen LogP contribution is 2.27. The fraction of sp³-hybridized carbons (Fsp3) is 0. The third kappa shape index (κ3) is 2.34. The van der Waals surface area contributed by atoms with Crippen LogP contribution in [-0.4, -0.2) is 10.8 Å². The summed E-state index contributed by atoms with van der Waals surface area (Å²) in [6.07, 6.45) is 3.07. The van der Waals surface area contributed by atoms with Crippen molar-refractivity contribution in [2.45, 2.75) is 0 Å². The molecule has 0 aliphatic carbocycles. The van der Waals surface area contributed by atoms with E-state index >= 15 is 0 Å². The molecule has 2 nitrogen and oxygen atoms in total. The van der Waals surface area contributed by atoms with Crippen molar-refractivity contribution in [3.05, 3.63) is 76.0 Å². The van der Waals surface area contributed by atoms with Crippen LogP contribution in [-0.2, 0) is 0 Å². The van der Waals surface area contributed by atoms with E-state index in [4.69, 9.17) is 0 Å². The number of aromatic nitrogens is 1. The SMILES string of the molecule is O=C(c1ccc(F)c(F)c1Br)c1cncc2ccccc12. The first-order valence-electron chi connectivity index (χ1n) is 6.10. The molecule has 0 saturated heterocycles. The summed E-state index contributed by atoms with van der Waals surface area (Å²) in [5.41, 5.74) is 0.409. The quantitative estimate of drug-likeness (QED) is 0.504. The maximum Gasteiger partial charge on any atom is 0.196 e. The lowest BCUT2D eigenvalue weighted by Crippen LogP contribution is -2.06. The van der Waals surface area contributed by atoms with Crippen molar-refractivity contribution in [2.24, 2.45) is 0 Å². The second-order valence-corrected chi connectivity index (χ2v) is 5.25. The van der Waals surface area contributed by atoms with Gasteiger partial charge in [-0.1, -0.05) is 24.3 Å². The van der Waals surface area contributed by atoms with Gasteiger partial charge in [0.05, 0.1) is 4.47 Å². The molecule has 0 N–H and O–H groups in total. The molecule has 0 radical (unpaired) electrons. The van der Waals surface area contributed by atoms with Gasteiger partial charge in [-0.25, -0.2) is 8.78 Å². The van der Waals surface area contributed by atoms with Gasteiger partial charge in [-0.05, 0) is 33.4 Å². The number of ketones is 1. The predicted molar refractivity (Wildman–Crippen MR) is 79.2 cm³/mol. The zero-order chi connectivity index (χ0) is 15.0. The van der Waals surface area contributed by atoms with Crippen molar-refractivity contribution in [1.82, 2.24) is 4.98 Å². The Morgan fingerprint density at radius 2 is 1.76 bits per heavy atom. The first-order valence-corrected chi connectivity index (χ1v) is 6.90. The molecule has 0 amide bonds. The Morgan fingerprint density at radius 3 is 2.57 bits per heavy atom. The highest BCUT2D eigenvalue weighted by molar-refractivity contribution is 9.10. The molecule has 0 unspecified atom stereocenters. The topological polar surface area (TPSA) is 30.0 Å². The van der Waals surface area contributed by atoms with Gasteiger partial charge in [0, 0.05) is 28.9 Å². The Hall–Kier alpha value is -2.14. The van der Waals surface area contributed by atoms with Crippen molar-refractivity contribution in [3.63, 3.8) is 0 Å². The highest BCUT2D eigenvalue weighted by Gasteiger charge is 2.19. The zero-order valence-corrected chi connectivity index (χ0v) is 12.2. The number of carbonyl (C=O) groups excluding carboxylic acids is 1. The molecule has 1 aromatic heterocycles. The number of hydrogen-bond donors (Lipinski definition) is 0. The van der Waals surface area contributed by atoms with Gasteiger partial charge < -0.3 is 0 Å². The van der Waals surface area contributed by atoms with E-state index in [1.165, 1.54) is 12.3 Å². The van der Waals surface area contributed by atoms with Crippen LogP contribution in [0.15, 0.2) is 53.3 Å². The predicted octanol–water partition coefficient (Wildman–Crippen LogP) is 4.51. The fourth-order valence-electron chi connectivity index (χ4n) is 2.14. The summed E-state index contributed by atoms with van der Waals surface area (Å²) < 4.78 is 26.6. The van der Waals surface area contributed by atoms with Gasteiger partial charge in [-0.15, -0.1) is 0 Å². The molecular formula is C16H8BrF2NO. The van der Waals surface area contributed by atoms with E-state index < -0.39 is 17.4 Å². The summed E-state index contributed by atoms with van der Waals surface area (Å²) in [5, 5.41) is 1.52. The van der Waals surface area contributed by atoms with Crippen LogP contribution in [0.3, 0.4) is 0 Å². The average molecular weight is 348 g/mol. The normalized spacial score (nSPS) is 10.8. The number of benzene rings is 2. The van der Waals surface area contributed by atoms with Gasteiger partial charge >= 0.3 is 0 Å². The van der Waals surface area contributed by atoms with Crippen molar-refractivity contribution in [2.75, 3.05) is 0 Å². The third-order valence-electron chi connectivity index (χ3n) is 3.19. The number of hydrogen-bond acceptors (Lipinski definition) is 2. The van der Waals surface area contributed by atoms with Crippen molar-refractivity contribution in [1.29, 1.82) is 0 Å². The molecule has 3 aromatic rings. The van der Waals surface area contributed by atoms with Gasteiger partial charge in [0.25, 0.3) is 0 Å². The number of rotatable bonds is 2. The minimum atomic E-state index is -1.07. The molecule has 0 fully saturated rings. The number of fused-ring (bicyclic) bond motifs is 1. The van der Waals surface area contributed by atoms with E-state index in [9.17, 15) is 13.6 Å². The summed E-state index contributed by atoms with van der Waals surface area (Å²) in [6, 6.07) is 9.46. The highest BCUT2D eigenvalue weighted by atomic mass is 79.9. The van der Waals surface area contributed by atoms with Gasteiger partial charge in [-0.2, -0.15) is 0 Å². The van der Waals surface area contributed by atoms with E-state index in [2.05, 4.69) is 20.9 Å². The van der Waals surface area contributed by atoms with E-state index in [0.717, 1.165) is 11.5 Å². The molecule has 1 heterocycles. The molecular weight excluding hydrogens is 340 g/mol. The minimum absolute atomic E-state index is 0.0621. The lowest BCUT2D eigenvalue weighted by atomic mass is 9.99. The lowest BCUT2D eigenvalue weighted by Gasteiger charge is -2.08. The van der Waals surface area contributed by atoms with E-state index in [0.29, 0.717) is 10.9 Å². The smallest absolute Gasteiger partial charge is 0.196 e. The van der Waals surface area contributed by atoms with Gasteiger partial charge in [0.1, 0.15) is 0 Å². The Bertz CT molecular complexity index is 859. The van der Waals surface area contributed by atoms with Crippen LogP contribution in [0.2, 0.25) is 0 Å². The van der Waals surface area contributed by atoms with Crippen LogP contribution in [0, 0.1) is 11.6 Å². The summed E-state index contributed by atoms with van der Waals surface area (Å²) in [7, 11) is 0. The molecule has 3 rings (SSSR count).